The minimum Gasteiger partial charge on any atom is -0.463 e. The minimum atomic E-state index is 0.765. The van der Waals surface area contributed by atoms with Crippen LogP contribution in [-0.4, -0.2) is 38.8 Å². The highest BCUT2D eigenvalue weighted by Gasteiger charge is 2.13. The Labute approximate surface area is 109 Å². The van der Waals surface area contributed by atoms with E-state index in [2.05, 4.69) is 22.4 Å². The molecule has 0 fully saturated rings. The first-order valence-electron chi connectivity index (χ1n) is 6.43. The number of ether oxygens (including phenoxy) is 1. The maximum absolute atomic E-state index is 5.75. The van der Waals surface area contributed by atoms with Gasteiger partial charge in [-0.3, -0.25) is 4.90 Å². The Morgan fingerprint density at radius 3 is 2.89 bits per heavy atom. The van der Waals surface area contributed by atoms with Gasteiger partial charge < -0.3 is 14.5 Å². The molecule has 0 amide bonds. The standard InChI is InChI=1S/C14H22N2O2/c1-15-9-13-3-4-14(18-13)10-16-7-5-12(6-8-16)11-17-2/h3-5,15H,6-11H2,1-2H3. The highest BCUT2D eigenvalue weighted by Crippen LogP contribution is 2.15. The smallest absolute Gasteiger partial charge is 0.118 e. The van der Waals surface area contributed by atoms with Gasteiger partial charge in [0, 0.05) is 20.2 Å². The fraction of sp³-hybridized carbons (Fsp3) is 0.571. The third-order valence-corrected chi connectivity index (χ3v) is 3.16. The van der Waals surface area contributed by atoms with Gasteiger partial charge >= 0.3 is 0 Å². The molecule has 0 radical (unpaired) electrons. The van der Waals surface area contributed by atoms with Crippen molar-refractivity contribution in [3.05, 3.63) is 35.3 Å². The van der Waals surface area contributed by atoms with Crippen molar-refractivity contribution in [2.75, 3.05) is 33.9 Å². The summed E-state index contributed by atoms with van der Waals surface area (Å²) in [6.45, 7) is 4.51. The molecule has 2 rings (SSSR count). The molecule has 1 N–H and O–H groups in total. The van der Waals surface area contributed by atoms with Crippen LogP contribution in [-0.2, 0) is 17.8 Å². The average Bonchev–Trinajstić information content (AvgIpc) is 2.80. The molecule has 4 heteroatoms. The molecule has 0 saturated carbocycles. The largest absolute Gasteiger partial charge is 0.463 e. The highest BCUT2D eigenvalue weighted by atomic mass is 16.5. The van der Waals surface area contributed by atoms with Gasteiger partial charge in [-0.15, -0.1) is 0 Å². The van der Waals surface area contributed by atoms with Gasteiger partial charge in [-0.05, 0) is 31.2 Å². The highest BCUT2D eigenvalue weighted by molar-refractivity contribution is 5.10. The lowest BCUT2D eigenvalue weighted by atomic mass is 10.1. The zero-order chi connectivity index (χ0) is 12.8. The Morgan fingerprint density at radius 2 is 2.22 bits per heavy atom. The van der Waals surface area contributed by atoms with Crippen molar-refractivity contribution in [2.24, 2.45) is 0 Å². The van der Waals surface area contributed by atoms with Crippen LogP contribution in [0.3, 0.4) is 0 Å². The van der Waals surface area contributed by atoms with Crippen LogP contribution in [0.5, 0.6) is 0 Å². The van der Waals surface area contributed by atoms with Crippen molar-refractivity contribution in [3.8, 4) is 0 Å². The van der Waals surface area contributed by atoms with Crippen LogP contribution in [0.15, 0.2) is 28.2 Å². The van der Waals surface area contributed by atoms with Gasteiger partial charge in [0.05, 0.1) is 19.7 Å². The van der Waals surface area contributed by atoms with Crippen LogP contribution in [0.25, 0.3) is 0 Å². The second-order valence-corrected chi connectivity index (χ2v) is 4.68. The topological polar surface area (TPSA) is 37.6 Å². The monoisotopic (exact) mass is 250 g/mol. The molecule has 0 unspecified atom stereocenters. The van der Waals surface area contributed by atoms with Gasteiger partial charge in [-0.2, -0.15) is 0 Å². The molecule has 18 heavy (non-hydrogen) atoms. The maximum Gasteiger partial charge on any atom is 0.118 e. The van der Waals surface area contributed by atoms with Crippen LogP contribution in [0, 0.1) is 0 Å². The van der Waals surface area contributed by atoms with Crippen molar-refractivity contribution >= 4 is 0 Å². The summed E-state index contributed by atoms with van der Waals surface area (Å²) < 4.78 is 10.9. The average molecular weight is 250 g/mol. The molecule has 4 nitrogen and oxygen atoms in total. The molecule has 0 bridgehead atoms. The predicted molar refractivity (Wildman–Crippen MR) is 71.3 cm³/mol. The molecule has 0 atom stereocenters. The van der Waals surface area contributed by atoms with Crippen molar-refractivity contribution in [1.29, 1.82) is 0 Å². The van der Waals surface area contributed by atoms with E-state index in [-0.39, 0.29) is 0 Å². The lowest BCUT2D eigenvalue weighted by molar-refractivity contribution is 0.206. The third kappa shape index (κ3) is 3.70. The van der Waals surface area contributed by atoms with Gasteiger partial charge in [-0.25, -0.2) is 0 Å². The SMILES string of the molecule is CNCc1ccc(CN2CC=C(COC)CC2)o1. The minimum absolute atomic E-state index is 0.765. The number of rotatable bonds is 6. The van der Waals surface area contributed by atoms with Gasteiger partial charge in [-0.1, -0.05) is 6.08 Å². The number of furan rings is 1. The van der Waals surface area contributed by atoms with Crippen LogP contribution >= 0.6 is 0 Å². The predicted octanol–water partition coefficient (Wildman–Crippen LogP) is 1.78. The Hall–Kier alpha value is -1.10. The first kappa shape index (κ1) is 13.3. The van der Waals surface area contributed by atoms with E-state index >= 15 is 0 Å². The van der Waals surface area contributed by atoms with Crippen molar-refractivity contribution in [2.45, 2.75) is 19.5 Å². The van der Waals surface area contributed by atoms with E-state index < -0.39 is 0 Å². The molecule has 0 spiro atoms. The van der Waals surface area contributed by atoms with E-state index in [1.54, 1.807) is 7.11 Å². The number of hydrogen-bond acceptors (Lipinski definition) is 4. The van der Waals surface area contributed by atoms with E-state index in [1.165, 1.54) is 5.57 Å². The fourth-order valence-electron chi connectivity index (χ4n) is 2.21. The van der Waals surface area contributed by atoms with Gasteiger partial charge in [0.1, 0.15) is 11.5 Å². The lowest BCUT2D eigenvalue weighted by Crippen LogP contribution is -2.28. The Bertz CT molecular complexity index is 398. The summed E-state index contributed by atoms with van der Waals surface area (Å²) in [4.78, 5) is 2.39. The molecule has 1 aromatic heterocycles. The number of nitrogens with one attached hydrogen (secondary N) is 1. The van der Waals surface area contributed by atoms with E-state index in [9.17, 15) is 0 Å². The number of methoxy groups -OCH3 is 1. The van der Waals surface area contributed by atoms with Gasteiger partial charge in [0.2, 0.25) is 0 Å². The second kappa shape index (κ2) is 6.73. The summed E-state index contributed by atoms with van der Waals surface area (Å²) >= 11 is 0. The molecule has 1 aliphatic rings. The zero-order valence-electron chi connectivity index (χ0n) is 11.2. The quantitative estimate of drug-likeness (QED) is 0.781. The summed E-state index contributed by atoms with van der Waals surface area (Å²) in [6, 6.07) is 4.11. The van der Waals surface area contributed by atoms with Crippen LogP contribution < -0.4 is 5.32 Å². The zero-order valence-corrected chi connectivity index (χ0v) is 11.2. The van der Waals surface area contributed by atoms with Crippen LogP contribution in [0.4, 0.5) is 0 Å². The van der Waals surface area contributed by atoms with Gasteiger partial charge in [0.25, 0.3) is 0 Å². The lowest BCUT2D eigenvalue weighted by Gasteiger charge is -2.25. The molecule has 1 aliphatic heterocycles. The van der Waals surface area contributed by atoms with Crippen LogP contribution in [0.1, 0.15) is 17.9 Å². The Morgan fingerprint density at radius 1 is 1.39 bits per heavy atom. The van der Waals surface area contributed by atoms with Crippen molar-refractivity contribution in [3.63, 3.8) is 0 Å². The Balaban J connectivity index is 1.83. The molecule has 0 aliphatic carbocycles. The van der Waals surface area contributed by atoms with Crippen LogP contribution in [0.2, 0.25) is 0 Å². The molecule has 2 heterocycles. The molecule has 1 aromatic rings. The molecule has 100 valence electrons. The normalized spacial score (nSPS) is 16.9. The second-order valence-electron chi connectivity index (χ2n) is 4.68. The summed E-state index contributed by atoms with van der Waals surface area (Å²) in [5, 5.41) is 3.09. The Kier molecular flexibility index (Phi) is 4.99. The summed E-state index contributed by atoms with van der Waals surface area (Å²) in [7, 11) is 3.67. The summed E-state index contributed by atoms with van der Waals surface area (Å²) in [6.07, 6.45) is 3.36. The van der Waals surface area contributed by atoms with Crippen molar-refractivity contribution in [1.82, 2.24) is 10.2 Å². The molecule has 0 aromatic carbocycles. The summed E-state index contributed by atoms with van der Waals surface area (Å²) in [5.74, 6) is 2.05. The number of nitrogens with zero attached hydrogens (tertiary/aromatic N) is 1. The van der Waals surface area contributed by atoms with E-state index in [0.29, 0.717) is 0 Å². The first-order chi connectivity index (χ1) is 8.81. The molecular weight excluding hydrogens is 228 g/mol. The summed E-state index contributed by atoms with van der Waals surface area (Å²) in [5.41, 5.74) is 1.41. The van der Waals surface area contributed by atoms with Crippen molar-refractivity contribution < 1.29 is 9.15 Å². The van der Waals surface area contributed by atoms with E-state index in [0.717, 1.165) is 50.7 Å². The first-order valence-corrected chi connectivity index (χ1v) is 6.43. The van der Waals surface area contributed by atoms with E-state index in [4.69, 9.17) is 9.15 Å². The number of hydrogen-bond donors (Lipinski definition) is 1. The fourth-order valence-corrected chi connectivity index (χ4v) is 2.21. The van der Waals surface area contributed by atoms with Gasteiger partial charge in [0.15, 0.2) is 0 Å². The molecule has 0 saturated heterocycles. The maximum atomic E-state index is 5.75. The third-order valence-electron chi connectivity index (χ3n) is 3.16. The van der Waals surface area contributed by atoms with E-state index in [1.807, 2.05) is 13.1 Å². The molecular formula is C14H22N2O2.